The summed E-state index contributed by atoms with van der Waals surface area (Å²) in [4.78, 5) is 0. The summed E-state index contributed by atoms with van der Waals surface area (Å²) < 4.78 is 11.1. The van der Waals surface area contributed by atoms with Crippen molar-refractivity contribution in [2.75, 3.05) is 20.2 Å². The second-order valence-electron chi connectivity index (χ2n) is 6.09. The van der Waals surface area contributed by atoms with Crippen LogP contribution in [0.2, 0.25) is 0 Å². The normalized spacial score (nSPS) is 12.1. The number of benzene rings is 1. The molecule has 0 aliphatic heterocycles. The molecule has 0 aliphatic carbocycles. The van der Waals surface area contributed by atoms with E-state index in [4.69, 9.17) is 9.47 Å². The topological polar surface area (TPSA) is 30.5 Å². The number of rotatable bonds is 8. The maximum Gasteiger partial charge on any atom is 0.161 e. The third-order valence-electron chi connectivity index (χ3n) is 2.92. The smallest absolute Gasteiger partial charge is 0.161 e. The Bertz CT molecular complexity index is 464. The van der Waals surface area contributed by atoms with E-state index in [0.717, 1.165) is 30.2 Å². The Balaban J connectivity index is 2.74. The fourth-order valence-electron chi connectivity index (χ4n) is 2.02. The van der Waals surface area contributed by atoms with Gasteiger partial charge in [-0.3, -0.25) is 0 Å². The van der Waals surface area contributed by atoms with Crippen LogP contribution in [0.4, 0.5) is 0 Å². The highest BCUT2D eigenvalue weighted by Gasteiger charge is 2.06. The van der Waals surface area contributed by atoms with Gasteiger partial charge in [0.05, 0.1) is 13.2 Å². The molecule has 0 spiro atoms. The van der Waals surface area contributed by atoms with E-state index in [1.807, 2.05) is 26.0 Å². The van der Waals surface area contributed by atoms with Crippen molar-refractivity contribution in [1.82, 2.24) is 5.32 Å². The van der Waals surface area contributed by atoms with Gasteiger partial charge in [0.25, 0.3) is 0 Å². The molecule has 21 heavy (non-hydrogen) atoms. The molecule has 0 saturated carbocycles. The van der Waals surface area contributed by atoms with E-state index in [1.165, 1.54) is 5.57 Å². The van der Waals surface area contributed by atoms with Crippen LogP contribution in [0.1, 0.15) is 40.2 Å². The highest BCUT2D eigenvalue weighted by Crippen LogP contribution is 2.29. The van der Waals surface area contributed by atoms with Gasteiger partial charge in [-0.15, -0.1) is 0 Å². The predicted molar refractivity (Wildman–Crippen MR) is 90.1 cm³/mol. The minimum Gasteiger partial charge on any atom is -0.493 e. The van der Waals surface area contributed by atoms with Crippen molar-refractivity contribution in [3.8, 4) is 11.5 Å². The zero-order valence-electron chi connectivity index (χ0n) is 14.2. The zero-order valence-corrected chi connectivity index (χ0v) is 14.2. The first-order valence-corrected chi connectivity index (χ1v) is 7.65. The number of hydrogen-bond acceptors (Lipinski definition) is 3. The Kier molecular flexibility index (Phi) is 7.30. The predicted octanol–water partition coefficient (Wildman–Crippen LogP) is 4.13. The Morgan fingerprint density at radius 2 is 1.90 bits per heavy atom. The molecule has 1 rings (SSSR count). The van der Waals surface area contributed by atoms with Gasteiger partial charge in [0.2, 0.25) is 0 Å². The van der Waals surface area contributed by atoms with Crippen LogP contribution in [0.5, 0.6) is 11.5 Å². The van der Waals surface area contributed by atoms with Crippen molar-refractivity contribution >= 4 is 6.08 Å². The molecule has 0 aliphatic rings. The summed E-state index contributed by atoms with van der Waals surface area (Å²) in [6.45, 7) is 12.5. The second kappa shape index (κ2) is 8.73. The van der Waals surface area contributed by atoms with Crippen LogP contribution >= 0.6 is 0 Å². The molecule has 1 aromatic carbocycles. The van der Waals surface area contributed by atoms with E-state index in [2.05, 4.69) is 38.2 Å². The van der Waals surface area contributed by atoms with Crippen LogP contribution in [0.3, 0.4) is 0 Å². The highest BCUT2D eigenvalue weighted by atomic mass is 16.5. The lowest BCUT2D eigenvalue weighted by Gasteiger charge is -2.14. The van der Waals surface area contributed by atoms with Crippen molar-refractivity contribution in [3.05, 3.63) is 29.3 Å². The summed E-state index contributed by atoms with van der Waals surface area (Å²) in [5, 5.41) is 3.45. The molecule has 0 fully saturated rings. The Hall–Kier alpha value is -1.48. The molecule has 0 aromatic heterocycles. The Morgan fingerprint density at radius 3 is 2.48 bits per heavy atom. The van der Waals surface area contributed by atoms with Crippen LogP contribution < -0.4 is 14.8 Å². The molecule has 0 saturated heterocycles. The van der Waals surface area contributed by atoms with E-state index in [9.17, 15) is 0 Å². The largest absolute Gasteiger partial charge is 0.493 e. The fraction of sp³-hybridized carbons (Fsp3) is 0.556. The van der Waals surface area contributed by atoms with E-state index in [0.29, 0.717) is 5.92 Å². The third kappa shape index (κ3) is 6.67. The molecular weight excluding hydrogens is 262 g/mol. The summed E-state index contributed by atoms with van der Waals surface area (Å²) in [7, 11) is 1.67. The van der Waals surface area contributed by atoms with E-state index in [-0.39, 0.29) is 6.10 Å². The summed E-state index contributed by atoms with van der Waals surface area (Å²) in [6.07, 6.45) is 2.32. The molecule has 0 atom stereocenters. The highest BCUT2D eigenvalue weighted by molar-refractivity contribution is 5.58. The van der Waals surface area contributed by atoms with Gasteiger partial charge in [-0.05, 0) is 50.9 Å². The van der Waals surface area contributed by atoms with Crippen molar-refractivity contribution in [2.45, 2.75) is 40.7 Å². The van der Waals surface area contributed by atoms with Gasteiger partial charge in [-0.2, -0.15) is 0 Å². The minimum absolute atomic E-state index is 0.141. The first kappa shape index (κ1) is 17.6. The SMILES string of the molecule is COc1cc(C=C(C)CNCC(C)C)ccc1OC(C)C. The van der Waals surface area contributed by atoms with Gasteiger partial charge < -0.3 is 14.8 Å². The first-order valence-electron chi connectivity index (χ1n) is 7.65. The van der Waals surface area contributed by atoms with E-state index >= 15 is 0 Å². The maximum atomic E-state index is 5.73. The quantitative estimate of drug-likeness (QED) is 0.781. The van der Waals surface area contributed by atoms with Crippen LogP contribution in [-0.4, -0.2) is 26.3 Å². The first-order chi connectivity index (χ1) is 9.92. The molecule has 0 amide bonds. The molecule has 0 bridgehead atoms. The van der Waals surface area contributed by atoms with Crippen molar-refractivity contribution in [1.29, 1.82) is 0 Å². The van der Waals surface area contributed by atoms with Crippen LogP contribution in [0, 0.1) is 5.92 Å². The molecular formula is C18H29NO2. The number of hydrogen-bond donors (Lipinski definition) is 1. The molecule has 0 heterocycles. The maximum absolute atomic E-state index is 5.73. The minimum atomic E-state index is 0.141. The van der Waals surface area contributed by atoms with Crippen LogP contribution in [0.25, 0.3) is 6.08 Å². The van der Waals surface area contributed by atoms with Crippen molar-refractivity contribution < 1.29 is 9.47 Å². The van der Waals surface area contributed by atoms with Crippen LogP contribution in [0.15, 0.2) is 23.8 Å². The monoisotopic (exact) mass is 291 g/mol. The Labute approximate surface area is 129 Å². The molecule has 3 heteroatoms. The Morgan fingerprint density at radius 1 is 1.19 bits per heavy atom. The summed E-state index contributed by atoms with van der Waals surface area (Å²) in [5.41, 5.74) is 2.43. The van der Waals surface area contributed by atoms with Gasteiger partial charge in [-0.1, -0.05) is 31.6 Å². The third-order valence-corrected chi connectivity index (χ3v) is 2.92. The standard InChI is InChI=1S/C18H29NO2/c1-13(2)11-19-12-15(5)9-16-7-8-17(21-14(3)4)18(10-16)20-6/h7-10,13-14,19H,11-12H2,1-6H3. The van der Waals surface area contributed by atoms with Gasteiger partial charge >= 0.3 is 0 Å². The number of ether oxygens (including phenoxy) is 2. The van der Waals surface area contributed by atoms with Crippen molar-refractivity contribution in [3.63, 3.8) is 0 Å². The average Bonchev–Trinajstić information content (AvgIpc) is 2.39. The number of nitrogens with one attached hydrogen (secondary N) is 1. The molecule has 118 valence electrons. The average molecular weight is 291 g/mol. The molecule has 0 unspecified atom stereocenters. The number of methoxy groups -OCH3 is 1. The van der Waals surface area contributed by atoms with Gasteiger partial charge in [0, 0.05) is 6.54 Å². The van der Waals surface area contributed by atoms with E-state index in [1.54, 1.807) is 7.11 Å². The lowest BCUT2D eigenvalue weighted by molar-refractivity contribution is 0.230. The molecule has 1 aromatic rings. The fourth-order valence-corrected chi connectivity index (χ4v) is 2.02. The van der Waals surface area contributed by atoms with Gasteiger partial charge in [0.15, 0.2) is 11.5 Å². The molecule has 1 N–H and O–H groups in total. The zero-order chi connectivity index (χ0) is 15.8. The lowest BCUT2D eigenvalue weighted by Crippen LogP contribution is -2.21. The van der Waals surface area contributed by atoms with Gasteiger partial charge in [0.1, 0.15) is 0 Å². The lowest BCUT2D eigenvalue weighted by atomic mass is 10.1. The summed E-state index contributed by atoms with van der Waals surface area (Å²) >= 11 is 0. The van der Waals surface area contributed by atoms with Gasteiger partial charge in [-0.25, -0.2) is 0 Å². The van der Waals surface area contributed by atoms with Crippen molar-refractivity contribution in [2.24, 2.45) is 5.92 Å². The second-order valence-corrected chi connectivity index (χ2v) is 6.09. The van der Waals surface area contributed by atoms with Crippen LogP contribution in [-0.2, 0) is 0 Å². The summed E-state index contributed by atoms with van der Waals surface area (Å²) in [5.74, 6) is 2.24. The molecule has 3 nitrogen and oxygen atoms in total. The summed E-state index contributed by atoms with van der Waals surface area (Å²) in [6, 6.07) is 6.05. The van der Waals surface area contributed by atoms with E-state index < -0.39 is 0 Å². The molecule has 0 radical (unpaired) electrons.